The summed E-state index contributed by atoms with van der Waals surface area (Å²) in [5, 5.41) is 0.248. The highest BCUT2D eigenvalue weighted by molar-refractivity contribution is 7.93. The lowest BCUT2D eigenvalue weighted by Crippen LogP contribution is -2.52. The van der Waals surface area contributed by atoms with Gasteiger partial charge < -0.3 is 19.3 Å². The van der Waals surface area contributed by atoms with Crippen molar-refractivity contribution >= 4 is 44.9 Å². The fraction of sp³-hybridized carbons (Fsp3) is 0.265. The van der Waals surface area contributed by atoms with Crippen LogP contribution in [-0.2, 0) is 25.0 Å². The summed E-state index contributed by atoms with van der Waals surface area (Å²) in [6, 6.07) is 21.9. The number of sulfonamides is 1. The van der Waals surface area contributed by atoms with Gasteiger partial charge in [-0.15, -0.1) is 0 Å². The molecule has 0 saturated carbocycles. The number of ether oxygens (including phenoxy) is 2. The van der Waals surface area contributed by atoms with E-state index >= 15 is 0 Å². The number of piperazine rings is 1. The zero-order valence-corrected chi connectivity index (χ0v) is 27.2. The number of anilines is 2. The van der Waals surface area contributed by atoms with Gasteiger partial charge >= 0.3 is 0 Å². The molecule has 3 aromatic carbocycles. The summed E-state index contributed by atoms with van der Waals surface area (Å²) in [5.74, 6) is 0.145. The van der Waals surface area contributed by atoms with E-state index in [9.17, 15) is 18.0 Å². The SMILES string of the molecule is COc1ccc(S(=O)(=O)N2C(=O)C(CC(=O)N3CCN(c4ccccn4)CC3)(c3ccccc3Cl)c3cc(C)ccc32)c(OC)c1. The van der Waals surface area contributed by atoms with Gasteiger partial charge in [0.05, 0.1) is 19.9 Å². The molecule has 0 bridgehead atoms. The van der Waals surface area contributed by atoms with E-state index in [-0.39, 0.29) is 33.7 Å². The van der Waals surface area contributed by atoms with E-state index in [2.05, 4.69) is 9.88 Å². The lowest BCUT2D eigenvalue weighted by Gasteiger charge is -2.37. The van der Waals surface area contributed by atoms with Crippen molar-refractivity contribution in [3.8, 4) is 11.5 Å². The van der Waals surface area contributed by atoms with Crippen molar-refractivity contribution in [2.75, 3.05) is 49.6 Å². The Hall–Kier alpha value is -4.61. The Morgan fingerprint density at radius 2 is 1.65 bits per heavy atom. The number of rotatable bonds is 8. The van der Waals surface area contributed by atoms with Gasteiger partial charge in [-0.1, -0.05) is 53.6 Å². The van der Waals surface area contributed by atoms with Gasteiger partial charge in [0.25, 0.3) is 15.9 Å². The van der Waals surface area contributed by atoms with Crippen LogP contribution in [0.3, 0.4) is 0 Å². The number of aromatic nitrogens is 1. The molecule has 4 aromatic rings. The van der Waals surface area contributed by atoms with Crippen LogP contribution in [0, 0.1) is 6.92 Å². The highest BCUT2D eigenvalue weighted by Gasteiger charge is 2.58. The van der Waals surface area contributed by atoms with Crippen molar-refractivity contribution in [3.05, 3.63) is 107 Å². The molecule has 6 rings (SSSR count). The minimum absolute atomic E-state index is 0.0120. The normalized spacial score (nSPS) is 18.0. The molecule has 2 aliphatic rings. The highest BCUT2D eigenvalue weighted by Crippen LogP contribution is 2.53. The lowest BCUT2D eigenvalue weighted by atomic mass is 9.72. The fourth-order valence-electron chi connectivity index (χ4n) is 6.29. The summed E-state index contributed by atoms with van der Waals surface area (Å²) in [6.07, 6.45) is 1.41. The van der Waals surface area contributed by atoms with Crippen LogP contribution in [0.15, 0.2) is 90.0 Å². The van der Waals surface area contributed by atoms with Crippen molar-refractivity contribution in [2.45, 2.75) is 23.7 Å². The molecular formula is C34H33ClN4O6S. The molecule has 10 nitrogen and oxygen atoms in total. The third kappa shape index (κ3) is 5.23. The number of nitrogens with zero attached hydrogens (tertiary/aromatic N) is 4. The minimum atomic E-state index is -4.55. The molecule has 12 heteroatoms. The smallest absolute Gasteiger partial charge is 0.274 e. The van der Waals surface area contributed by atoms with Gasteiger partial charge in [-0.3, -0.25) is 9.59 Å². The highest BCUT2D eigenvalue weighted by atomic mass is 35.5. The Labute approximate surface area is 273 Å². The number of carbonyl (C=O) groups is 2. The second-order valence-electron chi connectivity index (χ2n) is 11.2. The predicted octanol–water partition coefficient (Wildman–Crippen LogP) is 4.82. The Morgan fingerprint density at radius 3 is 2.33 bits per heavy atom. The first kappa shape index (κ1) is 31.4. The third-order valence-corrected chi connectivity index (χ3v) is 10.7. The Morgan fingerprint density at radius 1 is 0.913 bits per heavy atom. The first-order chi connectivity index (χ1) is 22.1. The Bertz CT molecular complexity index is 1910. The third-order valence-electron chi connectivity index (χ3n) is 8.62. The van der Waals surface area contributed by atoms with Crippen LogP contribution in [0.2, 0.25) is 5.02 Å². The lowest BCUT2D eigenvalue weighted by molar-refractivity contribution is -0.135. The molecule has 2 amide bonds. The van der Waals surface area contributed by atoms with Crippen molar-refractivity contribution < 1.29 is 27.5 Å². The number of methoxy groups -OCH3 is 2. The van der Waals surface area contributed by atoms with Gasteiger partial charge in [0, 0.05) is 49.9 Å². The number of hydrogen-bond donors (Lipinski definition) is 0. The van der Waals surface area contributed by atoms with Crippen LogP contribution in [0.5, 0.6) is 11.5 Å². The number of benzene rings is 3. The monoisotopic (exact) mass is 660 g/mol. The average molecular weight is 661 g/mol. The van der Waals surface area contributed by atoms with Crippen LogP contribution in [0.4, 0.5) is 11.5 Å². The van der Waals surface area contributed by atoms with Gasteiger partial charge in [-0.2, -0.15) is 0 Å². The maximum Gasteiger partial charge on any atom is 0.274 e. The summed E-state index contributed by atoms with van der Waals surface area (Å²) < 4.78 is 40.4. The topological polar surface area (TPSA) is 109 Å². The van der Waals surface area contributed by atoms with E-state index in [0.717, 1.165) is 15.7 Å². The molecule has 1 atom stereocenters. The number of aryl methyl sites for hydroxylation is 1. The molecule has 1 saturated heterocycles. The first-order valence-corrected chi connectivity index (χ1v) is 16.6. The van der Waals surface area contributed by atoms with Gasteiger partial charge in [0.15, 0.2) is 0 Å². The molecule has 2 aliphatic heterocycles. The van der Waals surface area contributed by atoms with E-state index < -0.39 is 21.3 Å². The number of hydrogen-bond acceptors (Lipinski definition) is 8. The van der Waals surface area contributed by atoms with Gasteiger partial charge in [0.1, 0.15) is 27.6 Å². The number of pyridine rings is 1. The standard InChI is InChI=1S/C34H33ClN4O6S/c1-23-11-13-28-26(20-23)34(25-8-4-5-9-27(25)35,22-32(40)38-18-16-37(17-19-38)31-10-6-7-15-36-31)33(41)39(28)46(42,43)30-14-12-24(44-2)21-29(30)45-3/h4-15,20-21H,16-19,22H2,1-3H3. The Balaban J connectivity index is 1.45. The predicted molar refractivity (Wildman–Crippen MR) is 175 cm³/mol. The molecule has 3 heterocycles. The maximum absolute atomic E-state index is 15.0. The van der Waals surface area contributed by atoms with Gasteiger partial charge in [-0.05, 0) is 54.4 Å². The number of fused-ring (bicyclic) bond motifs is 1. The van der Waals surface area contributed by atoms with E-state index in [4.69, 9.17) is 21.1 Å². The van der Waals surface area contributed by atoms with Crippen LogP contribution in [0.1, 0.15) is 23.1 Å². The van der Waals surface area contributed by atoms with Crippen LogP contribution in [0.25, 0.3) is 0 Å². The van der Waals surface area contributed by atoms with Crippen molar-refractivity contribution in [3.63, 3.8) is 0 Å². The van der Waals surface area contributed by atoms with Crippen molar-refractivity contribution in [2.24, 2.45) is 0 Å². The van der Waals surface area contributed by atoms with E-state index in [0.29, 0.717) is 43.1 Å². The Kier molecular flexibility index (Phi) is 8.39. The average Bonchev–Trinajstić information content (AvgIpc) is 3.32. The number of amides is 2. The molecule has 46 heavy (non-hydrogen) atoms. The van der Waals surface area contributed by atoms with E-state index in [1.165, 1.54) is 32.4 Å². The second-order valence-corrected chi connectivity index (χ2v) is 13.4. The largest absolute Gasteiger partial charge is 0.497 e. The zero-order chi connectivity index (χ0) is 32.6. The van der Waals surface area contributed by atoms with Crippen molar-refractivity contribution in [1.29, 1.82) is 0 Å². The maximum atomic E-state index is 15.0. The summed E-state index contributed by atoms with van der Waals surface area (Å²) in [7, 11) is -1.75. The minimum Gasteiger partial charge on any atom is -0.497 e. The van der Waals surface area contributed by atoms with Gasteiger partial charge in [-0.25, -0.2) is 17.7 Å². The van der Waals surface area contributed by atoms with E-state index in [1.54, 1.807) is 53.6 Å². The quantitative estimate of drug-likeness (QED) is 0.265. The van der Waals surface area contributed by atoms with E-state index in [1.807, 2.05) is 25.1 Å². The summed E-state index contributed by atoms with van der Waals surface area (Å²) >= 11 is 6.79. The molecule has 238 valence electrons. The van der Waals surface area contributed by atoms with Crippen LogP contribution in [-0.4, -0.2) is 70.5 Å². The van der Waals surface area contributed by atoms with Gasteiger partial charge in [0.2, 0.25) is 5.91 Å². The zero-order valence-electron chi connectivity index (χ0n) is 25.6. The second kappa shape index (κ2) is 12.3. The van der Waals surface area contributed by atoms with Crippen molar-refractivity contribution in [1.82, 2.24) is 9.88 Å². The van der Waals surface area contributed by atoms with Crippen LogP contribution >= 0.6 is 11.6 Å². The molecule has 0 aliphatic carbocycles. The summed E-state index contributed by atoms with van der Waals surface area (Å²) in [4.78, 5) is 37.2. The molecule has 0 spiro atoms. The molecule has 1 fully saturated rings. The molecule has 0 radical (unpaired) electrons. The van der Waals surface area contributed by atoms with Crippen LogP contribution < -0.4 is 18.7 Å². The molecular weight excluding hydrogens is 628 g/mol. The molecule has 0 N–H and O–H groups in total. The first-order valence-electron chi connectivity index (χ1n) is 14.7. The number of halogens is 1. The fourth-order valence-corrected chi connectivity index (χ4v) is 8.21. The summed E-state index contributed by atoms with van der Waals surface area (Å²) in [6.45, 7) is 3.79. The molecule has 1 aromatic heterocycles. The number of carbonyl (C=O) groups excluding carboxylic acids is 2. The summed E-state index contributed by atoms with van der Waals surface area (Å²) in [5.41, 5.74) is -0.0286. The molecule has 1 unspecified atom stereocenters.